The van der Waals surface area contributed by atoms with Gasteiger partial charge in [0.1, 0.15) is 6.61 Å². The van der Waals surface area contributed by atoms with Gasteiger partial charge in [-0.1, -0.05) is 217 Å². The molecule has 0 aliphatic carbocycles. The molecular weight excluding hydrogens is 882 g/mol. The van der Waals surface area contributed by atoms with Crippen molar-refractivity contribution >= 4 is 19.8 Å². The lowest BCUT2D eigenvalue weighted by Gasteiger charge is -2.19. The molecule has 0 aliphatic rings. The van der Waals surface area contributed by atoms with Crippen LogP contribution in [0.1, 0.15) is 181 Å². The molecule has 0 aromatic carbocycles. The highest BCUT2D eigenvalue weighted by molar-refractivity contribution is 7.47. The molecule has 10 heteroatoms. The van der Waals surface area contributed by atoms with E-state index in [1.165, 1.54) is 44.9 Å². The smallest absolute Gasteiger partial charge is 0.461 e. The Morgan fingerprint density at radius 3 is 1.19 bits per heavy atom. The number of rotatable bonds is 47. The molecule has 388 valence electrons. The SMILES string of the molecule is CC/C=C\C/C=C\C/C=C\C/C=C\C/C=C\C/C=C\C/C=C\CCCCCCCCCCCCCC(=O)OC(COC(=O)C/C=C\C/C=C\C/C=C\C/C=C\C/C=C\CC)COP(=O)(O)OCCN. The predicted molar refractivity (Wildman–Crippen MR) is 293 cm³/mol. The average Bonchev–Trinajstić information content (AvgIpc) is 3.34. The Labute approximate surface area is 420 Å². The molecule has 69 heavy (non-hydrogen) atoms. The van der Waals surface area contributed by atoms with Crippen LogP contribution in [0.4, 0.5) is 0 Å². The zero-order valence-electron chi connectivity index (χ0n) is 43.0. The molecule has 0 fully saturated rings. The molecule has 0 heterocycles. The van der Waals surface area contributed by atoms with Gasteiger partial charge >= 0.3 is 19.8 Å². The Kier molecular flexibility index (Phi) is 50.1. The molecule has 0 bridgehead atoms. The Balaban J connectivity index is 4.08. The second-order valence-corrected chi connectivity index (χ2v) is 18.1. The maximum Gasteiger partial charge on any atom is 0.472 e. The summed E-state index contributed by atoms with van der Waals surface area (Å²) in [5.74, 6) is -0.992. The van der Waals surface area contributed by atoms with E-state index in [1.807, 2.05) is 12.2 Å². The van der Waals surface area contributed by atoms with E-state index < -0.39 is 32.5 Å². The fourth-order valence-corrected chi connectivity index (χ4v) is 7.22. The summed E-state index contributed by atoms with van der Waals surface area (Å²) < 4.78 is 32.8. The number of hydrogen-bond donors (Lipinski definition) is 2. The van der Waals surface area contributed by atoms with E-state index in [0.717, 1.165) is 96.3 Å². The largest absolute Gasteiger partial charge is 0.472 e. The third kappa shape index (κ3) is 53.1. The first kappa shape index (κ1) is 64.9. The Hall–Kier alpha value is -4.11. The standard InChI is InChI=1S/C59H94NO8P/c1-3-5-7-9-11-13-15-17-19-20-21-22-23-24-25-26-27-28-29-30-31-32-33-34-35-36-38-40-42-44-46-48-50-52-59(62)68-57(56-67-69(63,64)66-54-53-60)55-65-58(61)51-49-47-45-43-41-39-37-18-16-14-12-10-8-6-4-2/h5-8,11-14,17-19,21-22,24-25,27-28,30-31,37,41,43,47,49,57H,3-4,9-10,15-16,20,23,26,29,32-36,38-40,42,44-46,48,50-56,60H2,1-2H3,(H,63,64)/b7-5-,8-6-,13-11-,14-12-,19-17-,22-21-,25-24-,28-27-,31-30-,37-18-,43-41-,49-47-. The number of phosphoric ester groups is 1. The lowest BCUT2D eigenvalue weighted by atomic mass is 10.0. The number of carbonyl (C=O) groups is 2. The summed E-state index contributed by atoms with van der Waals surface area (Å²) in [5.41, 5.74) is 5.36. The number of allylic oxidation sites excluding steroid dienone is 23. The zero-order chi connectivity index (χ0) is 50.2. The van der Waals surface area contributed by atoms with Gasteiger partial charge in [-0.15, -0.1) is 0 Å². The zero-order valence-corrected chi connectivity index (χ0v) is 43.9. The summed E-state index contributed by atoms with van der Waals surface area (Å²) in [6, 6.07) is 0. The lowest BCUT2D eigenvalue weighted by molar-refractivity contribution is -0.160. The first-order valence-corrected chi connectivity index (χ1v) is 27.8. The maximum atomic E-state index is 12.7. The number of ether oxygens (including phenoxy) is 2. The van der Waals surface area contributed by atoms with Crippen LogP contribution in [0.25, 0.3) is 0 Å². The lowest BCUT2D eigenvalue weighted by Crippen LogP contribution is -2.29. The van der Waals surface area contributed by atoms with E-state index in [1.54, 1.807) is 6.08 Å². The van der Waals surface area contributed by atoms with Crippen LogP contribution < -0.4 is 5.73 Å². The minimum absolute atomic E-state index is 0.0338. The van der Waals surface area contributed by atoms with E-state index >= 15 is 0 Å². The molecule has 0 amide bonds. The summed E-state index contributed by atoms with van der Waals surface area (Å²) in [6.45, 7) is 3.36. The number of unbranched alkanes of at least 4 members (excludes halogenated alkanes) is 11. The highest BCUT2D eigenvalue weighted by Gasteiger charge is 2.25. The van der Waals surface area contributed by atoms with Crippen molar-refractivity contribution in [1.29, 1.82) is 0 Å². The molecule has 0 aromatic rings. The van der Waals surface area contributed by atoms with E-state index in [2.05, 4.69) is 141 Å². The molecule has 9 nitrogen and oxygen atoms in total. The van der Waals surface area contributed by atoms with Crippen LogP contribution in [0.5, 0.6) is 0 Å². The molecule has 0 aliphatic heterocycles. The molecule has 0 rings (SSSR count). The fourth-order valence-electron chi connectivity index (χ4n) is 6.45. The molecule has 0 spiro atoms. The van der Waals surface area contributed by atoms with Crippen molar-refractivity contribution in [2.24, 2.45) is 5.73 Å². The van der Waals surface area contributed by atoms with Crippen LogP contribution in [0, 0.1) is 0 Å². The number of nitrogens with two attached hydrogens (primary N) is 1. The van der Waals surface area contributed by atoms with Crippen LogP contribution >= 0.6 is 7.82 Å². The average molecular weight is 976 g/mol. The molecule has 0 saturated heterocycles. The molecule has 0 saturated carbocycles. The van der Waals surface area contributed by atoms with E-state index in [-0.39, 0.29) is 32.6 Å². The quantitative estimate of drug-likeness (QED) is 0.0264. The van der Waals surface area contributed by atoms with Crippen LogP contribution in [0.15, 0.2) is 146 Å². The first-order valence-electron chi connectivity index (χ1n) is 26.3. The second kappa shape index (κ2) is 53.2. The Morgan fingerprint density at radius 2 is 0.797 bits per heavy atom. The van der Waals surface area contributed by atoms with Gasteiger partial charge in [0.25, 0.3) is 0 Å². The minimum Gasteiger partial charge on any atom is -0.461 e. The van der Waals surface area contributed by atoms with Gasteiger partial charge < -0.3 is 20.1 Å². The summed E-state index contributed by atoms with van der Waals surface area (Å²) in [7, 11) is -4.41. The van der Waals surface area contributed by atoms with E-state index in [0.29, 0.717) is 12.8 Å². The van der Waals surface area contributed by atoms with Crippen LogP contribution in [-0.2, 0) is 32.7 Å². The van der Waals surface area contributed by atoms with Crippen molar-refractivity contribution in [3.63, 3.8) is 0 Å². The van der Waals surface area contributed by atoms with Gasteiger partial charge in [-0.05, 0) is 96.3 Å². The minimum atomic E-state index is -4.41. The van der Waals surface area contributed by atoms with Crippen molar-refractivity contribution in [3.8, 4) is 0 Å². The van der Waals surface area contributed by atoms with Gasteiger partial charge in [0.15, 0.2) is 6.10 Å². The van der Waals surface area contributed by atoms with Crippen molar-refractivity contribution in [3.05, 3.63) is 146 Å². The fraction of sp³-hybridized carbons (Fsp3) is 0.559. The molecular formula is C59H94NO8P. The van der Waals surface area contributed by atoms with Gasteiger partial charge in [0.2, 0.25) is 0 Å². The number of hydrogen-bond acceptors (Lipinski definition) is 8. The number of esters is 2. The normalized spacial score (nSPS) is 14.3. The highest BCUT2D eigenvalue weighted by Crippen LogP contribution is 2.43. The van der Waals surface area contributed by atoms with Gasteiger partial charge in [-0.3, -0.25) is 18.6 Å². The third-order valence-corrected chi connectivity index (χ3v) is 11.2. The van der Waals surface area contributed by atoms with Crippen molar-refractivity contribution in [2.75, 3.05) is 26.4 Å². The van der Waals surface area contributed by atoms with Crippen molar-refractivity contribution in [1.82, 2.24) is 0 Å². The van der Waals surface area contributed by atoms with E-state index in [9.17, 15) is 19.0 Å². The molecule has 0 aromatic heterocycles. The second-order valence-electron chi connectivity index (χ2n) is 16.6. The Bertz CT molecular complexity index is 1630. The van der Waals surface area contributed by atoms with Gasteiger partial charge in [-0.2, -0.15) is 0 Å². The summed E-state index contributed by atoms with van der Waals surface area (Å²) in [5, 5.41) is 0. The van der Waals surface area contributed by atoms with Crippen LogP contribution in [0.2, 0.25) is 0 Å². The maximum absolute atomic E-state index is 12.7. The topological polar surface area (TPSA) is 134 Å². The summed E-state index contributed by atoms with van der Waals surface area (Å²) in [6.07, 6.45) is 76.4. The van der Waals surface area contributed by atoms with Crippen molar-refractivity contribution < 1.29 is 37.6 Å². The van der Waals surface area contributed by atoms with E-state index in [4.69, 9.17) is 24.3 Å². The summed E-state index contributed by atoms with van der Waals surface area (Å²) >= 11 is 0. The van der Waals surface area contributed by atoms with Crippen LogP contribution in [0.3, 0.4) is 0 Å². The molecule has 2 unspecified atom stereocenters. The highest BCUT2D eigenvalue weighted by atomic mass is 31.2. The van der Waals surface area contributed by atoms with Gasteiger partial charge in [-0.25, -0.2) is 4.57 Å². The number of phosphoric acid groups is 1. The van der Waals surface area contributed by atoms with Gasteiger partial charge in [0, 0.05) is 13.0 Å². The predicted octanol–water partition coefficient (Wildman–Crippen LogP) is 16.4. The Morgan fingerprint density at radius 1 is 0.449 bits per heavy atom. The van der Waals surface area contributed by atoms with Crippen LogP contribution in [-0.4, -0.2) is 49.3 Å². The van der Waals surface area contributed by atoms with Crippen molar-refractivity contribution in [2.45, 2.75) is 187 Å². The first-order chi connectivity index (χ1) is 33.8. The molecule has 0 radical (unpaired) electrons. The third-order valence-electron chi connectivity index (χ3n) is 10.3. The summed E-state index contributed by atoms with van der Waals surface area (Å²) in [4.78, 5) is 35.0. The van der Waals surface area contributed by atoms with Gasteiger partial charge in [0.05, 0.1) is 19.6 Å². The number of carbonyl (C=O) groups excluding carboxylic acids is 2. The molecule has 2 atom stereocenters. The molecule has 3 N–H and O–H groups in total. The monoisotopic (exact) mass is 976 g/mol.